The SMILES string of the molecule is C[C@@H]1CCC/C=C\C=C/[C@H](O)C[C@@H](O)C/C=C\C=C/[C@@H](O[C@H]2O[C@@H](CO)[C@H](O)[C@@H](O)[C@@H]2O)C/C=C\C=CC(=O)O1. The zero-order valence-corrected chi connectivity index (χ0v) is 22.9. The molecule has 0 aromatic rings. The summed E-state index contributed by atoms with van der Waals surface area (Å²) in [6, 6.07) is 0. The second kappa shape index (κ2) is 18.8. The van der Waals surface area contributed by atoms with Crippen LogP contribution in [0, 0.1) is 0 Å². The van der Waals surface area contributed by atoms with Gasteiger partial charge in [0.1, 0.15) is 24.4 Å². The number of aliphatic hydroxyl groups excluding tert-OH is 6. The Hall–Kier alpha value is -2.41. The highest BCUT2D eigenvalue weighted by atomic mass is 16.7. The van der Waals surface area contributed by atoms with Crippen molar-refractivity contribution in [3.63, 3.8) is 0 Å². The van der Waals surface area contributed by atoms with Crippen LogP contribution < -0.4 is 0 Å². The van der Waals surface area contributed by atoms with Gasteiger partial charge in [-0.15, -0.1) is 0 Å². The van der Waals surface area contributed by atoms with E-state index in [0.717, 1.165) is 12.8 Å². The molecule has 6 N–H and O–H groups in total. The molecule has 2 heterocycles. The van der Waals surface area contributed by atoms with Crippen LogP contribution >= 0.6 is 0 Å². The molecule has 0 aromatic carbocycles. The van der Waals surface area contributed by atoms with E-state index in [0.29, 0.717) is 19.3 Å². The number of carbonyl (C=O) groups excluding carboxylic acids is 1. The molecule has 0 aromatic heterocycles. The van der Waals surface area contributed by atoms with Crippen LogP contribution in [0.1, 0.15) is 45.4 Å². The fraction of sp³-hybridized carbons (Fsp3) is 0.567. The minimum absolute atomic E-state index is 0.183. The summed E-state index contributed by atoms with van der Waals surface area (Å²) in [7, 11) is 0. The number of allylic oxidation sites excluding steroid dienone is 7. The van der Waals surface area contributed by atoms with Crippen molar-refractivity contribution in [2.24, 2.45) is 0 Å². The van der Waals surface area contributed by atoms with Gasteiger partial charge in [-0.2, -0.15) is 0 Å². The van der Waals surface area contributed by atoms with Crippen molar-refractivity contribution in [1.82, 2.24) is 0 Å². The third-order valence-corrected chi connectivity index (χ3v) is 6.38. The maximum absolute atomic E-state index is 12.1. The molecule has 0 radical (unpaired) electrons. The summed E-state index contributed by atoms with van der Waals surface area (Å²) in [6.07, 6.45) is 13.9. The van der Waals surface area contributed by atoms with Gasteiger partial charge in [-0.1, -0.05) is 66.8 Å². The molecule has 0 bridgehead atoms. The van der Waals surface area contributed by atoms with E-state index >= 15 is 0 Å². The number of aliphatic hydroxyl groups is 6. The van der Waals surface area contributed by atoms with Gasteiger partial charge in [0.2, 0.25) is 0 Å². The number of hydrogen-bond acceptors (Lipinski definition) is 10. The number of ether oxygens (including phenoxy) is 3. The standard InChI is InChI=1S/C30H44O10/c1-21-13-7-3-2-4-8-14-22(32)19-23(33)15-9-5-10-16-24(17-11-6-12-18-26(34)38-21)39-30-29(37)28(36)27(35)25(20-31)40-30/h2,4-6,8-12,14,16,18,21-25,27-33,35-37H,3,7,13,15,17,19-20H2,1H3/b4-2-,9-5-,11-6-,14-8-,16-10-,18-12?/t21-,22+,23+,24-,25+,27+,28-,29+,30+/m1/s1. The first-order chi connectivity index (χ1) is 19.2. The maximum Gasteiger partial charge on any atom is 0.331 e. The first-order valence-electron chi connectivity index (χ1n) is 13.7. The summed E-state index contributed by atoms with van der Waals surface area (Å²) < 4.78 is 16.7. The fourth-order valence-corrected chi connectivity index (χ4v) is 4.10. The molecule has 0 saturated carbocycles. The van der Waals surface area contributed by atoms with Crippen LogP contribution in [0.25, 0.3) is 0 Å². The number of carbonyl (C=O) groups is 1. The van der Waals surface area contributed by atoms with Crippen LogP contribution in [0.15, 0.2) is 72.9 Å². The Morgan fingerprint density at radius 1 is 0.875 bits per heavy atom. The zero-order chi connectivity index (χ0) is 29.3. The maximum atomic E-state index is 12.1. The Kier molecular flexibility index (Phi) is 15.9. The van der Waals surface area contributed by atoms with Gasteiger partial charge < -0.3 is 44.8 Å². The highest BCUT2D eigenvalue weighted by Crippen LogP contribution is 2.24. The molecule has 0 spiro atoms. The van der Waals surface area contributed by atoms with E-state index in [1.807, 2.05) is 19.1 Å². The Morgan fingerprint density at radius 2 is 1.57 bits per heavy atom. The van der Waals surface area contributed by atoms with Crippen LogP contribution in [0.4, 0.5) is 0 Å². The average Bonchev–Trinajstić information content (AvgIpc) is 2.91. The predicted molar refractivity (Wildman–Crippen MR) is 149 cm³/mol. The van der Waals surface area contributed by atoms with E-state index in [2.05, 4.69) is 0 Å². The van der Waals surface area contributed by atoms with E-state index < -0.39 is 61.6 Å². The highest BCUT2D eigenvalue weighted by molar-refractivity contribution is 5.82. The molecule has 224 valence electrons. The molecule has 9 atom stereocenters. The molecule has 1 saturated heterocycles. The highest BCUT2D eigenvalue weighted by Gasteiger charge is 2.44. The van der Waals surface area contributed by atoms with Gasteiger partial charge in [0.25, 0.3) is 0 Å². The minimum atomic E-state index is -1.57. The van der Waals surface area contributed by atoms with Crippen molar-refractivity contribution < 1.29 is 49.6 Å². The summed E-state index contributed by atoms with van der Waals surface area (Å²) in [5, 5.41) is 60.2. The number of cyclic esters (lactones) is 1. The van der Waals surface area contributed by atoms with Gasteiger partial charge in [-0.05, 0) is 39.0 Å². The van der Waals surface area contributed by atoms with Crippen molar-refractivity contribution in [3.05, 3.63) is 72.9 Å². The monoisotopic (exact) mass is 564 g/mol. The molecule has 2 aliphatic heterocycles. The van der Waals surface area contributed by atoms with E-state index in [-0.39, 0.29) is 12.5 Å². The topological polar surface area (TPSA) is 166 Å². The van der Waals surface area contributed by atoms with E-state index in [9.17, 15) is 35.4 Å². The molecule has 40 heavy (non-hydrogen) atoms. The lowest BCUT2D eigenvalue weighted by Crippen LogP contribution is -2.59. The van der Waals surface area contributed by atoms with E-state index in [1.54, 1.807) is 54.7 Å². The molecular weight excluding hydrogens is 520 g/mol. The van der Waals surface area contributed by atoms with E-state index in [1.165, 1.54) is 6.08 Å². The lowest BCUT2D eigenvalue weighted by Gasteiger charge is -2.40. The largest absolute Gasteiger partial charge is 0.460 e. The van der Waals surface area contributed by atoms with Crippen LogP contribution in [0.3, 0.4) is 0 Å². The first kappa shape index (κ1) is 33.8. The lowest BCUT2D eigenvalue weighted by atomic mass is 9.99. The van der Waals surface area contributed by atoms with Gasteiger partial charge in [0, 0.05) is 12.5 Å². The van der Waals surface area contributed by atoms with Gasteiger partial charge >= 0.3 is 5.97 Å². The molecule has 1 fully saturated rings. The number of hydrogen-bond donors (Lipinski definition) is 6. The second-order valence-corrected chi connectivity index (χ2v) is 9.89. The summed E-state index contributed by atoms with van der Waals surface area (Å²) in [4.78, 5) is 12.1. The van der Waals surface area contributed by atoms with Crippen LogP contribution in [-0.2, 0) is 19.0 Å². The lowest BCUT2D eigenvalue weighted by molar-refractivity contribution is -0.307. The zero-order valence-electron chi connectivity index (χ0n) is 22.9. The van der Waals surface area contributed by atoms with E-state index in [4.69, 9.17) is 14.2 Å². The molecule has 0 unspecified atom stereocenters. The van der Waals surface area contributed by atoms with Crippen molar-refractivity contribution in [2.75, 3.05) is 6.61 Å². The molecule has 10 nitrogen and oxygen atoms in total. The molecular formula is C30H44O10. The van der Waals surface area contributed by atoms with Crippen molar-refractivity contribution >= 4 is 5.97 Å². The van der Waals surface area contributed by atoms with Crippen molar-refractivity contribution in [3.8, 4) is 0 Å². The Morgan fingerprint density at radius 3 is 2.35 bits per heavy atom. The van der Waals surface area contributed by atoms with Gasteiger partial charge in [0.15, 0.2) is 6.29 Å². The van der Waals surface area contributed by atoms with Crippen LogP contribution in [-0.4, -0.2) is 98.3 Å². The molecule has 0 amide bonds. The molecule has 2 aliphatic rings. The van der Waals surface area contributed by atoms with Gasteiger partial charge in [-0.25, -0.2) is 4.79 Å². The normalized spacial score (nSPS) is 39.8. The third-order valence-electron chi connectivity index (χ3n) is 6.38. The number of esters is 1. The molecule has 0 aliphatic carbocycles. The third kappa shape index (κ3) is 12.8. The van der Waals surface area contributed by atoms with Crippen molar-refractivity contribution in [2.45, 2.75) is 101 Å². The van der Waals surface area contributed by atoms with Crippen LogP contribution in [0.5, 0.6) is 0 Å². The molecule has 2 rings (SSSR count). The summed E-state index contributed by atoms with van der Waals surface area (Å²) >= 11 is 0. The fourth-order valence-electron chi connectivity index (χ4n) is 4.10. The Balaban J connectivity index is 2.12. The minimum Gasteiger partial charge on any atom is -0.460 e. The number of rotatable bonds is 3. The average molecular weight is 565 g/mol. The second-order valence-electron chi connectivity index (χ2n) is 9.89. The first-order valence-corrected chi connectivity index (χ1v) is 13.7. The van der Waals surface area contributed by atoms with Gasteiger partial charge in [0.05, 0.1) is 31.0 Å². The van der Waals surface area contributed by atoms with Crippen LogP contribution in [0.2, 0.25) is 0 Å². The summed E-state index contributed by atoms with van der Waals surface area (Å²) in [6.45, 7) is 1.26. The van der Waals surface area contributed by atoms with Crippen molar-refractivity contribution in [1.29, 1.82) is 0 Å². The smallest absolute Gasteiger partial charge is 0.331 e. The summed E-state index contributed by atoms with van der Waals surface area (Å²) in [5.74, 6) is -0.458. The summed E-state index contributed by atoms with van der Waals surface area (Å²) in [5.41, 5.74) is 0. The Bertz CT molecular complexity index is 906. The predicted octanol–water partition coefficient (Wildman–Crippen LogP) is 1.52. The Labute approximate surface area is 235 Å². The van der Waals surface area contributed by atoms with Gasteiger partial charge in [-0.3, -0.25) is 0 Å². The quantitative estimate of drug-likeness (QED) is 0.277. The molecule has 10 heteroatoms.